The molecule has 58 valence electrons. The van der Waals surface area contributed by atoms with Crippen molar-refractivity contribution in [3.63, 3.8) is 0 Å². The summed E-state index contributed by atoms with van der Waals surface area (Å²) in [5.41, 5.74) is 5.73. The molecule has 2 rings (SSSR count). The van der Waals surface area contributed by atoms with Gasteiger partial charge < -0.3 is 4.98 Å². The second kappa shape index (κ2) is 2.26. The number of hydrogen-bond acceptors (Lipinski definition) is 0. The maximum atomic E-state index is 3.28. The van der Waals surface area contributed by atoms with E-state index >= 15 is 0 Å². The summed E-state index contributed by atoms with van der Waals surface area (Å²) < 4.78 is 0. The summed E-state index contributed by atoms with van der Waals surface area (Å²) in [6.07, 6.45) is 6.80. The standard InChI is InChI=1S/C10H13N/c1-7-3-4-9-8(2)6-11-10(9)5-7/h5-6,11H,3-4H2,1-2H3. The molecule has 1 heterocycles. The monoisotopic (exact) mass is 147 g/mol. The Labute approximate surface area is 67.1 Å². The predicted molar refractivity (Wildman–Crippen MR) is 47.5 cm³/mol. The van der Waals surface area contributed by atoms with Crippen LogP contribution in [0, 0.1) is 6.92 Å². The molecule has 1 aliphatic carbocycles. The molecule has 1 nitrogen and oxygen atoms in total. The number of aromatic amines is 1. The number of hydrogen-bond donors (Lipinski definition) is 1. The number of allylic oxidation sites excluding steroid dienone is 1. The van der Waals surface area contributed by atoms with Gasteiger partial charge in [-0.2, -0.15) is 0 Å². The highest BCUT2D eigenvalue weighted by molar-refractivity contribution is 5.57. The Balaban J connectivity index is 2.53. The van der Waals surface area contributed by atoms with Crippen LogP contribution < -0.4 is 0 Å². The fourth-order valence-corrected chi connectivity index (χ4v) is 1.67. The van der Waals surface area contributed by atoms with Crippen LogP contribution in [-0.4, -0.2) is 4.98 Å². The zero-order valence-electron chi connectivity index (χ0n) is 7.07. The molecule has 0 saturated carbocycles. The maximum absolute atomic E-state index is 3.28. The Morgan fingerprint density at radius 3 is 2.91 bits per heavy atom. The van der Waals surface area contributed by atoms with Crippen LogP contribution in [0.3, 0.4) is 0 Å². The number of nitrogens with one attached hydrogen (secondary N) is 1. The first-order chi connectivity index (χ1) is 5.27. The van der Waals surface area contributed by atoms with Gasteiger partial charge in [0.15, 0.2) is 0 Å². The molecule has 0 fully saturated rings. The van der Waals surface area contributed by atoms with Gasteiger partial charge in [0.25, 0.3) is 0 Å². The Bertz CT molecular complexity index is 305. The average molecular weight is 147 g/mol. The molecule has 0 aliphatic heterocycles. The van der Waals surface area contributed by atoms with E-state index < -0.39 is 0 Å². The molecule has 0 radical (unpaired) electrons. The summed E-state index contributed by atoms with van der Waals surface area (Å²) in [4.78, 5) is 3.28. The van der Waals surface area contributed by atoms with Crippen molar-refractivity contribution in [2.75, 3.05) is 0 Å². The summed E-state index contributed by atoms with van der Waals surface area (Å²) in [6.45, 7) is 4.36. The molecular weight excluding hydrogens is 134 g/mol. The number of aromatic nitrogens is 1. The van der Waals surface area contributed by atoms with Crippen LogP contribution in [0.1, 0.15) is 30.2 Å². The molecule has 0 saturated heterocycles. The molecule has 1 aliphatic rings. The molecule has 0 atom stereocenters. The van der Waals surface area contributed by atoms with E-state index in [4.69, 9.17) is 0 Å². The van der Waals surface area contributed by atoms with Crippen molar-refractivity contribution < 1.29 is 0 Å². The Morgan fingerprint density at radius 1 is 1.27 bits per heavy atom. The van der Waals surface area contributed by atoms with Crippen LogP contribution in [0.15, 0.2) is 11.8 Å². The second-order valence-electron chi connectivity index (χ2n) is 3.35. The molecule has 1 heteroatoms. The van der Waals surface area contributed by atoms with Crippen molar-refractivity contribution in [2.45, 2.75) is 26.7 Å². The van der Waals surface area contributed by atoms with Gasteiger partial charge in [-0.3, -0.25) is 0 Å². The first kappa shape index (κ1) is 6.71. The Hall–Kier alpha value is -0.980. The number of fused-ring (bicyclic) bond motifs is 1. The van der Waals surface area contributed by atoms with E-state index in [0.29, 0.717) is 0 Å². The van der Waals surface area contributed by atoms with Crippen molar-refractivity contribution in [1.29, 1.82) is 0 Å². The fourth-order valence-electron chi connectivity index (χ4n) is 1.67. The van der Waals surface area contributed by atoms with Gasteiger partial charge in [0, 0.05) is 11.9 Å². The fraction of sp³-hybridized carbons (Fsp3) is 0.400. The van der Waals surface area contributed by atoms with Crippen LogP contribution in [0.2, 0.25) is 0 Å². The van der Waals surface area contributed by atoms with E-state index in [2.05, 4.69) is 31.1 Å². The minimum absolute atomic E-state index is 1.22. The smallest absolute Gasteiger partial charge is 0.0415 e. The molecular formula is C10H13N. The van der Waals surface area contributed by atoms with Crippen LogP contribution in [0.5, 0.6) is 0 Å². The van der Waals surface area contributed by atoms with E-state index in [1.165, 1.54) is 35.2 Å². The third-order valence-electron chi connectivity index (χ3n) is 2.41. The minimum Gasteiger partial charge on any atom is -0.361 e. The molecule has 0 unspecified atom stereocenters. The highest BCUT2D eigenvalue weighted by Crippen LogP contribution is 2.24. The SMILES string of the molecule is CC1=Cc2[nH]cc(C)c2CC1. The zero-order valence-corrected chi connectivity index (χ0v) is 7.07. The van der Waals surface area contributed by atoms with Crippen LogP contribution in [0.25, 0.3) is 6.08 Å². The van der Waals surface area contributed by atoms with Gasteiger partial charge in [-0.15, -0.1) is 0 Å². The van der Waals surface area contributed by atoms with Crippen LogP contribution >= 0.6 is 0 Å². The van der Waals surface area contributed by atoms with Crippen LogP contribution in [0.4, 0.5) is 0 Å². The van der Waals surface area contributed by atoms with Gasteiger partial charge in [-0.05, 0) is 43.9 Å². The zero-order chi connectivity index (χ0) is 7.84. The van der Waals surface area contributed by atoms with Crippen molar-refractivity contribution in [2.24, 2.45) is 0 Å². The van der Waals surface area contributed by atoms with E-state index in [1.54, 1.807) is 0 Å². The molecule has 11 heavy (non-hydrogen) atoms. The highest BCUT2D eigenvalue weighted by Gasteiger charge is 2.10. The first-order valence-electron chi connectivity index (χ1n) is 4.11. The second-order valence-corrected chi connectivity index (χ2v) is 3.35. The first-order valence-corrected chi connectivity index (χ1v) is 4.11. The van der Waals surface area contributed by atoms with Gasteiger partial charge in [0.1, 0.15) is 0 Å². The predicted octanol–water partition coefficient (Wildman–Crippen LogP) is 2.67. The molecule has 1 N–H and O–H groups in total. The normalized spacial score (nSPS) is 16.0. The molecule has 1 aromatic heterocycles. The summed E-state index contributed by atoms with van der Waals surface area (Å²) >= 11 is 0. The lowest BCUT2D eigenvalue weighted by atomic mass is 9.96. The Kier molecular flexibility index (Phi) is 1.38. The molecule has 0 aromatic carbocycles. The quantitative estimate of drug-likeness (QED) is 0.580. The summed E-state index contributed by atoms with van der Waals surface area (Å²) in [5, 5.41) is 0. The lowest BCUT2D eigenvalue weighted by molar-refractivity contribution is 0.920. The summed E-state index contributed by atoms with van der Waals surface area (Å²) in [6, 6.07) is 0. The Morgan fingerprint density at radius 2 is 2.09 bits per heavy atom. The minimum atomic E-state index is 1.22. The lowest BCUT2D eigenvalue weighted by Crippen LogP contribution is -1.95. The van der Waals surface area contributed by atoms with Gasteiger partial charge in [0.05, 0.1) is 0 Å². The lowest BCUT2D eigenvalue weighted by Gasteiger charge is -2.09. The van der Waals surface area contributed by atoms with E-state index in [9.17, 15) is 0 Å². The number of aryl methyl sites for hydroxylation is 1. The third kappa shape index (κ3) is 1.01. The number of rotatable bonds is 0. The molecule has 0 amide bonds. The highest BCUT2D eigenvalue weighted by atomic mass is 14.7. The van der Waals surface area contributed by atoms with E-state index in [1.807, 2.05) is 0 Å². The average Bonchev–Trinajstić information content (AvgIpc) is 2.32. The van der Waals surface area contributed by atoms with Gasteiger partial charge in [0.2, 0.25) is 0 Å². The number of H-pyrrole nitrogens is 1. The van der Waals surface area contributed by atoms with Crippen molar-refractivity contribution in [3.8, 4) is 0 Å². The van der Waals surface area contributed by atoms with E-state index in [-0.39, 0.29) is 0 Å². The van der Waals surface area contributed by atoms with Crippen molar-refractivity contribution in [3.05, 3.63) is 28.6 Å². The van der Waals surface area contributed by atoms with Crippen molar-refractivity contribution in [1.82, 2.24) is 4.98 Å². The molecule has 0 spiro atoms. The van der Waals surface area contributed by atoms with E-state index in [0.717, 1.165) is 0 Å². The topological polar surface area (TPSA) is 15.8 Å². The summed E-state index contributed by atoms with van der Waals surface area (Å²) in [5.74, 6) is 0. The summed E-state index contributed by atoms with van der Waals surface area (Å²) in [7, 11) is 0. The van der Waals surface area contributed by atoms with Crippen LogP contribution in [-0.2, 0) is 6.42 Å². The maximum Gasteiger partial charge on any atom is 0.0415 e. The van der Waals surface area contributed by atoms with Gasteiger partial charge in [-0.25, -0.2) is 0 Å². The largest absolute Gasteiger partial charge is 0.361 e. The molecule has 1 aromatic rings. The third-order valence-corrected chi connectivity index (χ3v) is 2.41. The van der Waals surface area contributed by atoms with Crippen molar-refractivity contribution >= 4 is 6.08 Å². The van der Waals surface area contributed by atoms with Gasteiger partial charge >= 0.3 is 0 Å². The molecule has 0 bridgehead atoms. The van der Waals surface area contributed by atoms with Gasteiger partial charge in [-0.1, -0.05) is 5.57 Å².